The van der Waals surface area contributed by atoms with E-state index in [1.165, 1.54) is 0 Å². The van der Waals surface area contributed by atoms with Gasteiger partial charge >= 0.3 is 0 Å². The molecule has 0 saturated carbocycles. The van der Waals surface area contributed by atoms with Crippen LogP contribution in [0, 0.1) is 11.8 Å². The zero-order chi connectivity index (χ0) is 11.1. The number of halogens is 1. The molecular formula is C12H12ClNO. The van der Waals surface area contributed by atoms with E-state index in [4.69, 9.17) is 11.6 Å². The lowest BCUT2D eigenvalue weighted by molar-refractivity contribution is -0.120. The molecule has 1 N–H and O–H groups in total. The van der Waals surface area contributed by atoms with E-state index in [0.717, 1.165) is 5.56 Å². The Balaban J connectivity index is 2.52. The predicted octanol–water partition coefficient (Wildman–Crippen LogP) is 2.22. The molecule has 0 bridgehead atoms. The number of carbonyl (C=O) groups excluding carboxylic acids is 1. The third kappa shape index (κ3) is 4.05. The smallest absolute Gasteiger partial charge is 0.220 e. The van der Waals surface area contributed by atoms with Gasteiger partial charge in [-0.25, -0.2) is 0 Å². The molecule has 1 rings (SSSR count). The fourth-order valence-corrected chi connectivity index (χ4v) is 1.15. The molecule has 0 atom stereocenters. The van der Waals surface area contributed by atoms with E-state index in [1.54, 1.807) is 13.0 Å². The van der Waals surface area contributed by atoms with Gasteiger partial charge in [0, 0.05) is 12.0 Å². The van der Waals surface area contributed by atoms with Crippen LogP contribution in [-0.2, 0) is 4.79 Å². The van der Waals surface area contributed by atoms with E-state index in [9.17, 15) is 4.79 Å². The molecule has 0 heterocycles. The van der Waals surface area contributed by atoms with Gasteiger partial charge in [-0.2, -0.15) is 0 Å². The molecule has 0 unspecified atom stereocenters. The highest BCUT2D eigenvalue weighted by Crippen LogP contribution is 2.12. The molecular weight excluding hydrogens is 210 g/mol. The number of rotatable bonds is 2. The monoisotopic (exact) mass is 221 g/mol. The second-order valence-corrected chi connectivity index (χ2v) is 3.32. The van der Waals surface area contributed by atoms with Crippen molar-refractivity contribution in [2.45, 2.75) is 13.3 Å². The topological polar surface area (TPSA) is 29.1 Å². The molecule has 1 aromatic carbocycles. The lowest BCUT2D eigenvalue weighted by Gasteiger charge is -1.96. The highest BCUT2D eigenvalue weighted by Gasteiger charge is 1.93. The SMILES string of the molecule is CCC(=O)NCC#Cc1ccccc1Cl. The summed E-state index contributed by atoms with van der Waals surface area (Å²) in [5.74, 6) is 5.74. The van der Waals surface area contributed by atoms with Gasteiger partial charge in [-0.15, -0.1) is 0 Å². The molecule has 1 aromatic rings. The Morgan fingerprint density at radius 2 is 2.20 bits per heavy atom. The maximum absolute atomic E-state index is 10.9. The Hall–Kier alpha value is -1.46. The highest BCUT2D eigenvalue weighted by atomic mass is 35.5. The van der Waals surface area contributed by atoms with Crippen LogP contribution in [0.2, 0.25) is 5.02 Å². The summed E-state index contributed by atoms with van der Waals surface area (Å²) in [6, 6.07) is 7.36. The fraction of sp³-hybridized carbons (Fsp3) is 0.250. The van der Waals surface area contributed by atoms with E-state index in [-0.39, 0.29) is 5.91 Å². The van der Waals surface area contributed by atoms with Gasteiger partial charge in [0.2, 0.25) is 5.91 Å². The summed E-state index contributed by atoms with van der Waals surface area (Å²) in [5.41, 5.74) is 0.782. The van der Waals surface area contributed by atoms with Crippen LogP contribution in [0.1, 0.15) is 18.9 Å². The summed E-state index contributed by atoms with van der Waals surface area (Å²) < 4.78 is 0. The maximum Gasteiger partial charge on any atom is 0.220 e. The van der Waals surface area contributed by atoms with Crippen molar-refractivity contribution >= 4 is 17.5 Å². The molecule has 0 spiro atoms. The molecule has 2 nitrogen and oxygen atoms in total. The van der Waals surface area contributed by atoms with Crippen molar-refractivity contribution in [3.63, 3.8) is 0 Å². The minimum absolute atomic E-state index is 0.00320. The fourth-order valence-electron chi connectivity index (χ4n) is 0.970. The Bertz CT molecular complexity index is 404. The first-order valence-corrected chi connectivity index (χ1v) is 5.12. The highest BCUT2D eigenvalue weighted by molar-refractivity contribution is 6.31. The molecule has 0 aromatic heterocycles. The third-order valence-electron chi connectivity index (χ3n) is 1.79. The van der Waals surface area contributed by atoms with Gasteiger partial charge in [-0.1, -0.05) is 42.5 Å². The van der Waals surface area contributed by atoms with Crippen LogP contribution in [0.3, 0.4) is 0 Å². The lowest BCUT2D eigenvalue weighted by Crippen LogP contribution is -2.22. The number of benzene rings is 1. The van der Waals surface area contributed by atoms with Gasteiger partial charge in [0.15, 0.2) is 0 Å². The average molecular weight is 222 g/mol. The van der Waals surface area contributed by atoms with Crippen LogP contribution in [-0.4, -0.2) is 12.5 Å². The molecule has 3 heteroatoms. The van der Waals surface area contributed by atoms with Gasteiger partial charge < -0.3 is 5.32 Å². The third-order valence-corrected chi connectivity index (χ3v) is 2.12. The molecule has 0 aliphatic heterocycles. The summed E-state index contributed by atoms with van der Waals surface area (Å²) in [7, 11) is 0. The Kier molecular flexibility index (Phi) is 4.73. The van der Waals surface area contributed by atoms with E-state index < -0.39 is 0 Å². The number of carbonyl (C=O) groups is 1. The van der Waals surface area contributed by atoms with Gasteiger partial charge in [0.1, 0.15) is 0 Å². The second-order valence-electron chi connectivity index (χ2n) is 2.91. The van der Waals surface area contributed by atoms with Gasteiger partial charge in [-0.05, 0) is 12.1 Å². The predicted molar refractivity (Wildman–Crippen MR) is 61.6 cm³/mol. The zero-order valence-electron chi connectivity index (χ0n) is 8.51. The van der Waals surface area contributed by atoms with Gasteiger partial charge in [0.05, 0.1) is 11.6 Å². The van der Waals surface area contributed by atoms with Crippen molar-refractivity contribution in [2.75, 3.05) is 6.54 Å². The zero-order valence-corrected chi connectivity index (χ0v) is 9.27. The van der Waals surface area contributed by atoms with Crippen LogP contribution in [0.25, 0.3) is 0 Å². The molecule has 15 heavy (non-hydrogen) atoms. The van der Waals surface area contributed by atoms with Crippen molar-refractivity contribution in [3.05, 3.63) is 34.9 Å². The molecule has 0 radical (unpaired) electrons. The van der Waals surface area contributed by atoms with Crippen molar-refractivity contribution in [1.82, 2.24) is 5.32 Å². The van der Waals surface area contributed by atoms with Gasteiger partial charge in [0.25, 0.3) is 0 Å². The quantitative estimate of drug-likeness (QED) is 0.763. The van der Waals surface area contributed by atoms with Crippen LogP contribution in [0.15, 0.2) is 24.3 Å². The van der Waals surface area contributed by atoms with Crippen LogP contribution in [0.5, 0.6) is 0 Å². The molecule has 78 valence electrons. The molecule has 0 aliphatic carbocycles. The Morgan fingerprint density at radius 1 is 1.47 bits per heavy atom. The molecule has 0 aliphatic rings. The summed E-state index contributed by atoms with van der Waals surface area (Å²) >= 11 is 5.90. The Morgan fingerprint density at radius 3 is 2.87 bits per heavy atom. The number of hydrogen-bond acceptors (Lipinski definition) is 1. The Labute approximate surface area is 94.6 Å². The first-order chi connectivity index (χ1) is 7.24. The maximum atomic E-state index is 10.9. The number of hydrogen-bond donors (Lipinski definition) is 1. The van der Waals surface area contributed by atoms with Crippen molar-refractivity contribution in [3.8, 4) is 11.8 Å². The van der Waals surface area contributed by atoms with Crippen molar-refractivity contribution in [2.24, 2.45) is 0 Å². The van der Waals surface area contributed by atoms with E-state index >= 15 is 0 Å². The van der Waals surface area contributed by atoms with Crippen LogP contribution in [0.4, 0.5) is 0 Å². The summed E-state index contributed by atoms with van der Waals surface area (Å²) in [4.78, 5) is 10.9. The number of nitrogens with one attached hydrogen (secondary N) is 1. The van der Waals surface area contributed by atoms with Crippen molar-refractivity contribution < 1.29 is 4.79 Å². The van der Waals surface area contributed by atoms with E-state index in [2.05, 4.69) is 17.2 Å². The van der Waals surface area contributed by atoms with E-state index in [0.29, 0.717) is 18.0 Å². The van der Waals surface area contributed by atoms with Crippen molar-refractivity contribution in [1.29, 1.82) is 0 Å². The van der Waals surface area contributed by atoms with E-state index in [1.807, 2.05) is 18.2 Å². The molecule has 1 amide bonds. The second kappa shape index (κ2) is 6.10. The summed E-state index contributed by atoms with van der Waals surface area (Å²) in [5, 5.41) is 3.30. The molecule has 0 fully saturated rings. The minimum atomic E-state index is 0.00320. The minimum Gasteiger partial charge on any atom is -0.345 e. The standard InChI is InChI=1S/C12H12ClNO/c1-2-12(15)14-9-5-7-10-6-3-4-8-11(10)13/h3-4,6,8H,2,9H2,1H3,(H,14,15). The molecule has 0 saturated heterocycles. The number of amides is 1. The normalized spacial score (nSPS) is 8.93. The average Bonchev–Trinajstić information content (AvgIpc) is 2.26. The summed E-state index contributed by atoms with van der Waals surface area (Å²) in [6.07, 6.45) is 0.480. The van der Waals surface area contributed by atoms with Crippen LogP contribution >= 0.6 is 11.6 Å². The summed E-state index contributed by atoms with van der Waals surface area (Å²) in [6.45, 7) is 2.16. The van der Waals surface area contributed by atoms with Crippen LogP contribution < -0.4 is 5.32 Å². The lowest BCUT2D eigenvalue weighted by atomic mass is 10.2. The van der Waals surface area contributed by atoms with Gasteiger partial charge in [-0.3, -0.25) is 4.79 Å². The largest absolute Gasteiger partial charge is 0.345 e. The first kappa shape index (κ1) is 11.6. The first-order valence-electron chi connectivity index (χ1n) is 4.74.